The Bertz CT molecular complexity index is 602. The first-order chi connectivity index (χ1) is 17.6. The van der Waals surface area contributed by atoms with Gasteiger partial charge in [0.2, 0.25) is 0 Å². The summed E-state index contributed by atoms with van der Waals surface area (Å²) >= 11 is 0. The Kier molecular flexibility index (Phi) is 20.2. The SMILES string of the molecule is CCCCCCCc1c(C)c(O)c(CCCCCCC)c(CCCCCCC)c1CCCCCCC. The Hall–Kier alpha value is -0.980. The van der Waals surface area contributed by atoms with Crippen LogP contribution in [0.1, 0.15) is 184 Å². The minimum Gasteiger partial charge on any atom is -0.507 e. The largest absolute Gasteiger partial charge is 0.507 e. The lowest BCUT2D eigenvalue weighted by Gasteiger charge is -2.24. The van der Waals surface area contributed by atoms with Crippen LogP contribution in [0.4, 0.5) is 0 Å². The zero-order valence-corrected chi connectivity index (χ0v) is 25.4. The summed E-state index contributed by atoms with van der Waals surface area (Å²) < 4.78 is 0. The highest BCUT2D eigenvalue weighted by molar-refractivity contribution is 5.55. The van der Waals surface area contributed by atoms with Gasteiger partial charge in [-0.05, 0) is 86.1 Å². The van der Waals surface area contributed by atoms with E-state index in [4.69, 9.17) is 0 Å². The van der Waals surface area contributed by atoms with Crippen LogP contribution in [0.3, 0.4) is 0 Å². The Labute approximate surface area is 227 Å². The van der Waals surface area contributed by atoms with Gasteiger partial charge in [-0.15, -0.1) is 0 Å². The molecule has 1 nitrogen and oxygen atoms in total. The summed E-state index contributed by atoms with van der Waals surface area (Å²) in [6.45, 7) is 11.4. The van der Waals surface area contributed by atoms with Crippen LogP contribution in [0.5, 0.6) is 5.75 Å². The molecule has 0 spiro atoms. The predicted molar refractivity (Wildman–Crippen MR) is 163 cm³/mol. The van der Waals surface area contributed by atoms with E-state index in [9.17, 15) is 5.11 Å². The molecule has 1 N–H and O–H groups in total. The second-order valence-electron chi connectivity index (χ2n) is 11.5. The van der Waals surface area contributed by atoms with Crippen molar-refractivity contribution >= 4 is 0 Å². The van der Waals surface area contributed by atoms with Gasteiger partial charge in [-0.1, -0.05) is 130 Å². The van der Waals surface area contributed by atoms with Gasteiger partial charge in [-0.25, -0.2) is 0 Å². The molecule has 1 aromatic carbocycles. The zero-order valence-electron chi connectivity index (χ0n) is 25.4. The Morgan fingerprint density at radius 1 is 0.361 bits per heavy atom. The summed E-state index contributed by atoms with van der Waals surface area (Å²) in [5, 5.41) is 11.5. The molecule has 0 bridgehead atoms. The number of rotatable bonds is 24. The van der Waals surface area contributed by atoms with Gasteiger partial charge in [-0.2, -0.15) is 0 Å². The van der Waals surface area contributed by atoms with Crippen molar-refractivity contribution in [2.45, 2.75) is 189 Å². The maximum atomic E-state index is 11.5. The number of unbranched alkanes of at least 4 members (excludes halogenated alkanes) is 16. The molecule has 0 heterocycles. The Balaban J connectivity index is 3.20. The number of aromatic hydroxyl groups is 1. The molecule has 0 saturated carbocycles. The second-order valence-corrected chi connectivity index (χ2v) is 11.5. The third-order valence-corrected chi connectivity index (χ3v) is 8.31. The summed E-state index contributed by atoms with van der Waals surface area (Å²) in [7, 11) is 0. The topological polar surface area (TPSA) is 20.2 Å². The molecule has 0 aliphatic carbocycles. The highest BCUT2D eigenvalue weighted by Gasteiger charge is 2.21. The third kappa shape index (κ3) is 13.0. The number of hydrogen-bond acceptors (Lipinski definition) is 1. The van der Waals surface area contributed by atoms with Gasteiger partial charge in [0.15, 0.2) is 0 Å². The van der Waals surface area contributed by atoms with Gasteiger partial charge in [0.05, 0.1) is 0 Å². The van der Waals surface area contributed by atoms with E-state index in [0.29, 0.717) is 5.75 Å². The maximum absolute atomic E-state index is 11.5. The van der Waals surface area contributed by atoms with Crippen molar-refractivity contribution in [3.05, 3.63) is 27.8 Å². The summed E-state index contributed by atoms with van der Waals surface area (Å²) in [6.07, 6.45) is 31.1. The molecule has 0 fully saturated rings. The Morgan fingerprint density at radius 2 is 0.639 bits per heavy atom. The van der Waals surface area contributed by atoms with E-state index in [0.717, 1.165) is 12.8 Å². The lowest BCUT2D eigenvalue weighted by molar-refractivity contribution is 0.457. The number of hydrogen-bond donors (Lipinski definition) is 1. The molecule has 0 radical (unpaired) electrons. The number of benzene rings is 1. The lowest BCUT2D eigenvalue weighted by Crippen LogP contribution is -2.10. The molecule has 1 heteroatoms. The van der Waals surface area contributed by atoms with Gasteiger partial charge < -0.3 is 5.11 Å². The summed E-state index contributed by atoms with van der Waals surface area (Å²) in [5.41, 5.74) is 7.31. The molecule has 210 valence electrons. The lowest BCUT2D eigenvalue weighted by atomic mass is 9.82. The summed E-state index contributed by atoms with van der Waals surface area (Å²) in [5.74, 6) is 0.660. The van der Waals surface area contributed by atoms with Crippen LogP contribution in [0.2, 0.25) is 0 Å². The first-order valence-corrected chi connectivity index (χ1v) is 16.5. The molecule has 0 aliphatic rings. The van der Waals surface area contributed by atoms with Crippen molar-refractivity contribution in [1.29, 1.82) is 0 Å². The molecule has 36 heavy (non-hydrogen) atoms. The fourth-order valence-corrected chi connectivity index (χ4v) is 5.94. The molecule has 1 rings (SSSR count). The molecule has 1 aromatic rings. The van der Waals surface area contributed by atoms with Crippen molar-refractivity contribution < 1.29 is 5.11 Å². The minimum atomic E-state index is 0.660. The van der Waals surface area contributed by atoms with E-state index in [-0.39, 0.29) is 0 Å². The number of phenols is 1. The molecule has 0 aliphatic heterocycles. The second kappa shape index (κ2) is 22.0. The third-order valence-electron chi connectivity index (χ3n) is 8.31. The zero-order chi connectivity index (χ0) is 26.4. The van der Waals surface area contributed by atoms with Crippen LogP contribution in [0, 0.1) is 6.92 Å². The van der Waals surface area contributed by atoms with Gasteiger partial charge in [0.25, 0.3) is 0 Å². The van der Waals surface area contributed by atoms with Crippen molar-refractivity contribution in [2.75, 3.05) is 0 Å². The first kappa shape index (κ1) is 33.0. The van der Waals surface area contributed by atoms with Gasteiger partial charge in [0.1, 0.15) is 5.75 Å². The molecule has 0 unspecified atom stereocenters. The normalized spacial score (nSPS) is 11.5. The van der Waals surface area contributed by atoms with Crippen LogP contribution in [-0.2, 0) is 25.7 Å². The van der Waals surface area contributed by atoms with Crippen molar-refractivity contribution in [2.24, 2.45) is 0 Å². The van der Waals surface area contributed by atoms with E-state index >= 15 is 0 Å². The van der Waals surface area contributed by atoms with Crippen LogP contribution >= 0.6 is 0 Å². The predicted octanol–water partition coefficient (Wildman–Crippen LogP) is 11.8. The van der Waals surface area contributed by atoms with Gasteiger partial charge in [-0.3, -0.25) is 0 Å². The van der Waals surface area contributed by atoms with Crippen molar-refractivity contribution in [1.82, 2.24) is 0 Å². The summed E-state index contributed by atoms with van der Waals surface area (Å²) in [4.78, 5) is 0. The van der Waals surface area contributed by atoms with Gasteiger partial charge >= 0.3 is 0 Å². The average Bonchev–Trinajstić information content (AvgIpc) is 2.88. The number of phenolic OH excluding ortho intramolecular Hbond substituents is 1. The highest BCUT2D eigenvalue weighted by Crippen LogP contribution is 2.37. The molecule has 0 saturated heterocycles. The van der Waals surface area contributed by atoms with Crippen molar-refractivity contribution in [3.8, 4) is 5.75 Å². The van der Waals surface area contributed by atoms with Crippen LogP contribution in [0.25, 0.3) is 0 Å². The summed E-state index contributed by atoms with van der Waals surface area (Å²) in [6, 6.07) is 0. The monoisotopic (exact) mass is 500 g/mol. The molecule has 0 aromatic heterocycles. The van der Waals surface area contributed by atoms with E-state index in [1.54, 1.807) is 11.1 Å². The fourth-order valence-electron chi connectivity index (χ4n) is 5.94. The van der Waals surface area contributed by atoms with E-state index in [1.165, 1.54) is 158 Å². The van der Waals surface area contributed by atoms with E-state index in [1.807, 2.05) is 0 Å². The maximum Gasteiger partial charge on any atom is 0.122 e. The highest BCUT2D eigenvalue weighted by atomic mass is 16.3. The van der Waals surface area contributed by atoms with Crippen LogP contribution < -0.4 is 0 Å². The fraction of sp³-hybridized carbons (Fsp3) is 0.829. The molecular weight excluding hydrogens is 436 g/mol. The van der Waals surface area contributed by atoms with Crippen LogP contribution in [0.15, 0.2) is 0 Å². The van der Waals surface area contributed by atoms with Crippen molar-refractivity contribution in [3.63, 3.8) is 0 Å². The average molecular weight is 501 g/mol. The van der Waals surface area contributed by atoms with E-state index in [2.05, 4.69) is 34.6 Å². The standard InChI is InChI=1S/C35H64O/c1-6-10-14-18-22-26-31-30(5)35(36)34(29-25-21-17-13-9-4)33(28-24-20-16-12-8-3)32(31)27-23-19-15-11-7-2/h36H,6-29H2,1-5H3. The molecule has 0 amide bonds. The quantitative estimate of drug-likeness (QED) is 0.140. The molecular formula is C35H64O. The Morgan fingerprint density at radius 3 is 1.00 bits per heavy atom. The van der Waals surface area contributed by atoms with Crippen LogP contribution in [-0.4, -0.2) is 5.11 Å². The van der Waals surface area contributed by atoms with E-state index < -0.39 is 0 Å². The molecule has 0 atom stereocenters. The minimum absolute atomic E-state index is 0.660. The first-order valence-electron chi connectivity index (χ1n) is 16.5. The smallest absolute Gasteiger partial charge is 0.122 e. The van der Waals surface area contributed by atoms with Gasteiger partial charge in [0, 0.05) is 0 Å².